The largest absolute Gasteiger partial charge is 0.310 e. The molecular weight excluding hydrogens is 701 g/mol. The number of benzene rings is 9. The van der Waals surface area contributed by atoms with Gasteiger partial charge in [0.15, 0.2) is 0 Å². The van der Waals surface area contributed by atoms with E-state index in [1.165, 1.54) is 55.1 Å². The quantitative estimate of drug-likeness (QED) is 0.127. The first kappa shape index (κ1) is 36.6. The first-order valence-corrected chi connectivity index (χ1v) is 20.4. The second-order valence-corrected chi connectivity index (χ2v) is 15.2. The smallest absolute Gasteiger partial charge is 0.0741 e. The van der Waals surface area contributed by atoms with Gasteiger partial charge in [-0.1, -0.05) is 178 Å². The maximum Gasteiger partial charge on any atom is 0.0741 e. The number of aryl methyl sites for hydroxylation is 1. The normalized spacial score (nSPS) is 12.2. The number of hydrogen-bond donors (Lipinski definition) is 0. The summed E-state index contributed by atoms with van der Waals surface area (Å²) in [6.45, 7) is 6.73. The number of anilines is 3. The molecule has 0 amide bonds. The lowest BCUT2D eigenvalue weighted by Gasteiger charge is -2.27. The molecule has 1 atom stereocenters. The summed E-state index contributed by atoms with van der Waals surface area (Å²) < 4.78 is 0. The molecule has 0 radical (unpaired) electrons. The Hall–Kier alpha value is -7.03. The zero-order chi connectivity index (χ0) is 39.4. The highest BCUT2D eigenvalue weighted by Gasteiger charge is 2.18. The Kier molecular flexibility index (Phi) is 10.2. The van der Waals surface area contributed by atoms with E-state index in [0.717, 1.165) is 45.8 Å². The molecule has 0 spiro atoms. The maximum atomic E-state index is 5.60. The third-order valence-corrected chi connectivity index (χ3v) is 11.5. The van der Waals surface area contributed by atoms with E-state index in [-0.39, 0.29) is 5.92 Å². The van der Waals surface area contributed by atoms with Crippen molar-refractivity contribution in [3.8, 4) is 33.4 Å². The lowest BCUT2D eigenvalue weighted by Crippen LogP contribution is -2.12. The van der Waals surface area contributed by atoms with Crippen molar-refractivity contribution in [1.29, 1.82) is 0 Å². The molecule has 0 aliphatic rings. The summed E-state index contributed by atoms with van der Waals surface area (Å²) in [5, 5.41) is 4.78. The van der Waals surface area contributed by atoms with Crippen LogP contribution in [-0.2, 0) is 0 Å². The van der Waals surface area contributed by atoms with Crippen LogP contribution in [0.15, 0.2) is 211 Å². The molecule has 2 heteroatoms. The van der Waals surface area contributed by atoms with Crippen molar-refractivity contribution in [2.45, 2.75) is 27.2 Å². The van der Waals surface area contributed by atoms with E-state index in [9.17, 15) is 0 Å². The highest BCUT2D eigenvalue weighted by molar-refractivity contribution is 6.08. The molecule has 0 saturated carbocycles. The lowest BCUT2D eigenvalue weighted by atomic mass is 9.93. The van der Waals surface area contributed by atoms with Crippen LogP contribution in [0.4, 0.5) is 22.7 Å². The van der Waals surface area contributed by atoms with Crippen LogP contribution in [0.25, 0.3) is 54.9 Å². The predicted molar refractivity (Wildman–Crippen MR) is 249 cm³/mol. The summed E-state index contributed by atoms with van der Waals surface area (Å²) in [7, 11) is 0. The molecule has 2 nitrogen and oxygen atoms in total. The van der Waals surface area contributed by atoms with Gasteiger partial charge in [-0.25, -0.2) is 0 Å². The van der Waals surface area contributed by atoms with Crippen molar-refractivity contribution in [3.05, 3.63) is 217 Å². The lowest BCUT2D eigenvalue weighted by molar-refractivity contribution is 0.740. The van der Waals surface area contributed by atoms with Gasteiger partial charge in [0.25, 0.3) is 0 Å². The van der Waals surface area contributed by atoms with E-state index in [2.05, 4.69) is 232 Å². The molecular formula is C56H46N2. The van der Waals surface area contributed by atoms with Crippen LogP contribution in [0.5, 0.6) is 0 Å². The molecule has 58 heavy (non-hydrogen) atoms. The number of rotatable bonds is 10. The molecule has 1 unspecified atom stereocenters. The highest BCUT2D eigenvalue weighted by Crippen LogP contribution is 2.41. The van der Waals surface area contributed by atoms with Gasteiger partial charge in [-0.15, -0.1) is 0 Å². The number of hydrogen-bond acceptors (Lipinski definition) is 2. The zero-order valence-corrected chi connectivity index (χ0v) is 33.3. The Balaban J connectivity index is 1.18. The SMILES string of the molecule is CCC(C)C(=Nc1c(C)ccc2ccc(N(c3ccc(-c4ccccc4)cc3)c3ccc(-c4ccccc4-c4ccccc4)cc3)cc12)c1ccc2ccccc2c1. The van der Waals surface area contributed by atoms with Crippen molar-refractivity contribution < 1.29 is 0 Å². The Morgan fingerprint density at radius 1 is 0.466 bits per heavy atom. The van der Waals surface area contributed by atoms with Gasteiger partial charge in [0.2, 0.25) is 0 Å². The summed E-state index contributed by atoms with van der Waals surface area (Å²) in [5.41, 5.74) is 15.0. The average Bonchev–Trinajstić information content (AvgIpc) is 3.29. The van der Waals surface area contributed by atoms with E-state index in [1.54, 1.807) is 0 Å². The number of fused-ring (bicyclic) bond motifs is 2. The van der Waals surface area contributed by atoms with Crippen LogP contribution in [0.2, 0.25) is 0 Å². The van der Waals surface area contributed by atoms with Gasteiger partial charge < -0.3 is 4.90 Å². The van der Waals surface area contributed by atoms with E-state index < -0.39 is 0 Å². The van der Waals surface area contributed by atoms with E-state index in [1.807, 2.05) is 0 Å². The van der Waals surface area contributed by atoms with Crippen LogP contribution in [0.1, 0.15) is 31.4 Å². The van der Waals surface area contributed by atoms with E-state index in [0.29, 0.717) is 0 Å². The Morgan fingerprint density at radius 3 is 1.62 bits per heavy atom. The second kappa shape index (κ2) is 16.2. The van der Waals surface area contributed by atoms with Crippen molar-refractivity contribution in [3.63, 3.8) is 0 Å². The molecule has 0 fully saturated rings. The minimum Gasteiger partial charge on any atom is -0.310 e. The van der Waals surface area contributed by atoms with E-state index in [4.69, 9.17) is 4.99 Å². The monoisotopic (exact) mass is 746 g/mol. The molecule has 0 heterocycles. The van der Waals surface area contributed by atoms with Crippen LogP contribution in [0, 0.1) is 12.8 Å². The molecule has 280 valence electrons. The van der Waals surface area contributed by atoms with Crippen LogP contribution < -0.4 is 4.90 Å². The standard InChI is InChI=1S/C56H46N2/c1-4-39(2)55(48-26-25-42-17-11-12-20-47(42)37-48)57-56-40(3)23-24-46-31-36-51(38-54(46)56)58(49-32-27-43(28-33-49)41-15-7-5-8-16-41)50-34-29-45(30-35-50)53-22-14-13-21-52(53)44-18-9-6-10-19-44/h5-39H,4H2,1-3H3. The zero-order valence-electron chi connectivity index (χ0n) is 33.3. The Morgan fingerprint density at radius 2 is 0.966 bits per heavy atom. The summed E-state index contributed by atoms with van der Waals surface area (Å²) in [5.74, 6) is 0.282. The Bertz CT molecular complexity index is 2870. The second-order valence-electron chi connectivity index (χ2n) is 15.2. The van der Waals surface area contributed by atoms with Crippen molar-refractivity contribution in [2.24, 2.45) is 10.9 Å². The molecule has 0 saturated heterocycles. The van der Waals surface area contributed by atoms with Crippen LogP contribution >= 0.6 is 0 Å². The molecule has 0 aliphatic carbocycles. The van der Waals surface area contributed by atoms with Crippen molar-refractivity contribution in [2.75, 3.05) is 4.90 Å². The molecule has 9 aromatic carbocycles. The minimum atomic E-state index is 0.282. The molecule has 0 N–H and O–H groups in total. The first-order chi connectivity index (χ1) is 28.5. The fraction of sp³-hybridized carbons (Fsp3) is 0.0893. The van der Waals surface area contributed by atoms with Gasteiger partial charge in [-0.05, 0) is 122 Å². The number of aliphatic imine (C=N–C) groups is 1. The third-order valence-electron chi connectivity index (χ3n) is 11.5. The third kappa shape index (κ3) is 7.33. The Labute approximate surface area is 342 Å². The summed E-state index contributed by atoms with van der Waals surface area (Å²) >= 11 is 0. The molecule has 9 aromatic rings. The minimum absolute atomic E-state index is 0.282. The van der Waals surface area contributed by atoms with Gasteiger partial charge in [0.05, 0.1) is 11.4 Å². The predicted octanol–water partition coefficient (Wildman–Crippen LogP) is 15.9. The van der Waals surface area contributed by atoms with Gasteiger partial charge >= 0.3 is 0 Å². The topological polar surface area (TPSA) is 15.6 Å². The number of nitrogens with zero attached hydrogens (tertiary/aromatic N) is 2. The van der Waals surface area contributed by atoms with E-state index >= 15 is 0 Å². The van der Waals surface area contributed by atoms with Crippen molar-refractivity contribution >= 4 is 50.0 Å². The maximum absolute atomic E-state index is 5.60. The summed E-state index contributed by atoms with van der Waals surface area (Å²) in [4.78, 5) is 7.97. The fourth-order valence-corrected chi connectivity index (χ4v) is 8.09. The van der Waals surface area contributed by atoms with Crippen molar-refractivity contribution in [1.82, 2.24) is 0 Å². The average molecular weight is 747 g/mol. The van der Waals surface area contributed by atoms with Crippen LogP contribution in [-0.4, -0.2) is 5.71 Å². The fourth-order valence-electron chi connectivity index (χ4n) is 8.09. The van der Waals surface area contributed by atoms with Gasteiger partial charge in [-0.2, -0.15) is 0 Å². The molecule has 0 aliphatic heterocycles. The van der Waals surface area contributed by atoms with Gasteiger partial charge in [0.1, 0.15) is 0 Å². The molecule has 0 aromatic heterocycles. The summed E-state index contributed by atoms with van der Waals surface area (Å²) in [6, 6.07) is 74.4. The highest BCUT2D eigenvalue weighted by atomic mass is 15.1. The molecule has 9 rings (SSSR count). The van der Waals surface area contributed by atoms with Gasteiger partial charge in [-0.3, -0.25) is 4.99 Å². The van der Waals surface area contributed by atoms with Crippen LogP contribution in [0.3, 0.4) is 0 Å². The first-order valence-electron chi connectivity index (χ1n) is 20.4. The van der Waals surface area contributed by atoms with Gasteiger partial charge in [0, 0.05) is 22.4 Å². The molecule has 0 bridgehead atoms. The summed E-state index contributed by atoms with van der Waals surface area (Å²) in [6.07, 6.45) is 0.999.